The maximum atomic E-state index is 12.1. The standard InChI is InChI=1S/C18H26N2O5/c1-18(2,3)25-17(22)13-5-7-14(8-6-13)19-15-10-12(11-21)4-9-16(15)20(23)24/h4,9-10,13-14,19,21H,5-8,11H2,1-3H3. The van der Waals surface area contributed by atoms with Crippen molar-refractivity contribution in [3.05, 3.63) is 33.9 Å². The van der Waals surface area contributed by atoms with Gasteiger partial charge in [0.25, 0.3) is 5.69 Å². The van der Waals surface area contributed by atoms with Crippen LogP contribution in [0.5, 0.6) is 0 Å². The average molecular weight is 350 g/mol. The number of nitro benzene ring substituents is 1. The predicted molar refractivity (Wildman–Crippen MR) is 94.2 cm³/mol. The summed E-state index contributed by atoms with van der Waals surface area (Å²) in [6, 6.07) is 4.62. The van der Waals surface area contributed by atoms with Crippen LogP contribution in [-0.4, -0.2) is 27.6 Å². The second-order valence-electron chi connectivity index (χ2n) is 7.49. The lowest BCUT2D eigenvalue weighted by molar-refractivity contribution is -0.384. The Morgan fingerprint density at radius 1 is 1.32 bits per heavy atom. The van der Waals surface area contributed by atoms with E-state index < -0.39 is 10.5 Å². The van der Waals surface area contributed by atoms with E-state index in [9.17, 15) is 20.0 Å². The first-order valence-electron chi connectivity index (χ1n) is 8.57. The summed E-state index contributed by atoms with van der Waals surface area (Å²) in [6.45, 7) is 5.39. The van der Waals surface area contributed by atoms with Crippen molar-refractivity contribution in [1.82, 2.24) is 0 Å². The number of nitro groups is 1. The molecule has 1 aromatic rings. The van der Waals surface area contributed by atoms with E-state index >= 15 is 0 Å². The molecule has 0 atom stereocenters. The molecule has 0 amide bonds. The van der Waals surface area contributed by atoms with Gasteiger partial charge in [0.2, 0.25) is 0 Å². The normalized spacial score (nSPS) is 20.8. The van der Waals surface area contributed by atoms with Crippen molar-refractivity contribution in [2.75, 3.05) is 5.32 Å². The van der Waals surface area contributed by atoms with E-state index in [1.54, 1.807) is 12.1 Å². The van der Waals surface area contributed by atoms with Crippen molar-refractivity contribution in [3.8, 4) is 0 Å². The first kappa shape index (κ1) is 19.2. The van der Waals surface area contributed by atoms with E-state index in [1.807, 2.05) is 20.8 Å². The zero-order valence-corrected chi connectivity index (χ0v) is 14.9. The Kier molecular flexibility index (Phi) is 6.00. The molecule has 0 aliphatic heterocycles. The average Bonchev–Trinajstić information content (AvgIpc) is 2.53. The van der Waals surface area contributed by atoms with Crippen LogP contribution in [0.25, 0.3) is 0 Å². The predicted octanol–water partition coefficient (Wildman–Crippen LogP) is 3.40. The van der Waals surface area contributed by atoms with Crippen molar-refractivity contribution in [1.29, 1.82) is 0 Å². The zero-order valence-electron chi connectivity index (χ0n) is 14.9. The molecule has 1 aliphatic rings. The summed E-state index contributed by atoms with van der Waals surface area (Å²) in [6.07, 6.45) is 2.87. The summed E-state index contributed by atoms with van der Waals surface area (Å²) in [5, 5.41) is 23.6. The highest BCUT2D eigenvalue weighted by molar-refractivity contribution is 5.73. The summed E-state index contributed by atoms with van der Waals surface area (Å²) >= 11 is 0. The SMILES string of the molecule is CC(C)(C)OC(=O)C1CCC(Nc2cc(CO)ccc2[N+](=O)[O-])CC1. The monoisotopic (exact) mass is 350 g/mol. The fourth-order valence-corrected chi connectivity index (χ4v) is 3.03. The lowest BCUT2D eigenvalue weighted by Gasteiger charge is -2.30. The number of aliphatic hydroxyl groups is 1. The van der Waals surface area contributed by atoms with Crippen LogP contribution in [0, 0.1) is 16.0 Å². The van der Waals surface area contributed by atoms with Crippen LogP contribution >= 0.6 is 0 Å². The smallest absolute Gasteiger partial charge is 0.309 e. The molecular weight excluding hydrogens is 324 g/mol. The van der Waals surface area contributed by atoms with Gasteiger partial charge < -0.3 is 15.2 Å². The molecule has 7 heteroatoms. The zero-order chi connectivity index (χ0) is 18.6. The van der Waals surface area contributed by atoms with Gasteiger partial charge in [-0.3, -0.25) is 14.9 Å². The van der Waals surface area contributed by atoms with Gasteiger partial charge in [-0.2, -0.15) is 0 Å². The molecule has 0 radical (unpaired) electrons. The molecule has 138 valence electrons. The van der Waals surface area contributed by atoms with Crippen LogP contribution in [0.2, 0.25) is 0 Å². The third-order valence-electron chi connectivity index (χ3n) is 4.27. The highest BCUT2D eigenvalue weighted by atomic mass is 16.6. The van der Waals surface area contributed by atoms with Crippen LogP contribution in [-0.2, 0) is 16.1 Å². The molecule has 1 aromatic carbocycles. The number of ether oxygens (including phenoxy) is 1. The second-order valence-corrected chi connectivity index (χ2v) is 7.49. The molecule has 25 heavy (non-hydrogen) atoms. The Bertz CT molecular complexity index is 631. The third kappa shape index (κ3) is 5.42. The van der Waals surface area contributed by atoms with Crippen LogP contribution in [0.4, 0.5) is 11.4 Å². The van der Waals surface area contributed by atoms with E-state index in [0.717, 1.165) is 12.8 Å². The van der Waals surface area contributed by atoms with E-state index in [1.165, 1.54) is 6.07 Å². The minimum Gasteiger partial charge on any atom is -0.460 e. The number of nitrogens with one attached hydrogen (secondary N) is 1. The van der Waals surface area contributed by atoms with Gasteiger partial charge in [-0.15, -0.1) is 0 Å². The summed E-state index contributed by atoms with van der Waals surface area (Å²) in [5.41, 5.74) is 0.539. The van der Waals surface area contributed by atoms with E-state index in [0.29, 0.717) is 24.1 Å². The first-order chi connectivity index (χ1) is 11.7. The second kappa shape index (κ2) is 7.82. The Labute approximate surface area is 147 Å². The molecule has 0 spiro atoms. The Balaban J connectivity index is 1.98. The molecule has 2 rings (SSSR count). The quantitative estimate of drug-likeness (QED) is 0.479. The fraction of sp³-hybridized carbons (Fsp3) is 0.611. The number of hydrogen-bond donors (Lipinski definition) is 2. The van der Waals surface area contributed by atoms with Gasteiger partial charge >= 0.3 is 5.97 Å². The van der Waals surface area contributed by atoms with Crippen molar-refractivity contribution >= 4 is 17.3 Å². The lowest BCUT2D eigenvalue weighted by Crippen LogP contribution is -2.34. The highest BCUT2D eigenvalue weighted by Crippen LogP contribution is 2.32. The number of rotatable bonds is 5. The number of benzene rings is 1. The minimum absolute atomic E-state index is 0.00790. The van der Waals surface area contributed by atoms with Gasteiger partial charge in [0.15, 0.2) is 0 Å². The molecule has 7 nitrogen and oxygen atoms in total. The Morgan fingerprint density at radius 3 is 2.48 bits per heavy atom. The third-order valence-corrected chi connectivity index (χ3v) is 4.27. The van der Waals surface area contributed by atoms with E-state index in [2.05, 4.69) is 5.32 Å². The van der Waals surface area contributed by atoms with Crippen molar-refractivity contribution in [2.45, 2.75) is 64.7 Å². The van der Waals surface area contributed by atoms with Gasteiger partial charge in [0.1, 0.15) is 11.3 Å². The number of hydrogen-bond acceptors (Lipinski definition) is 6. The maximum absolute atomic E-state index is 12.1. The number of nitrogens with zero attached hydrogens (tertiary/aromatic N) is 1. The van der Waals surface area contributed by atoms with Crippen LogP contribution < -0.4 is 5.32 Å². The molecule has 0 heterocycles. The van der Waals surface area contributed by atoms with Gasteiger partial charge in [-0.05, 0) is 64.2 Å². The maximum Gasteiger partial charge on any atom is 0.309 e. The highest BCUT2D eigenvalue weighted by Gasteiger charge is 2.30. The topological polar surface area (TPSA) is 102 Å². The number of esters is 1. The minimum atomic E-state index is -0.489. The van der Waals surface area contributed by atoms with Gasteiger partial charge in [-0.25, -0.2) is 0 Å². The lowest BCUT2D eigenvalue weighted by atomic mass is 9.86. The molecule has 0 aromatic heterocycles. The van der Waals surface area contributed by atoms with Crippen molar-refractivity contribution < 1.29 is 19.6 Å². The molecule has 2 N–H and O–H groups in total. The Morgan fingerprint density at radius 2 is 1.96 bits per heavy atom. The van der Waals surface area contributed by atoms with Gasteiger partial charge in [0, 0.05) is 12.1 Å². The van der Waals surface area contributed by atoms with E-state index in [-0.39, 0.29) is 30.2 Å². The molecule has 1 saturated carbocycles. The summed E-state index contributed by atoms with van der Waals surface area (Å²) in [5.74, 6) is -0.282. The van der Waals surface area contributed by atoms with Crippen LogP contribution in [0.3, 0.4) is 0 Å². The van der Waals surface area contributed by atoms with Crippen LogP contribution in [0.15, 0.2) is 18.2 Å². The number of carbonyl (C=O) groups excluding carboxylic acids is 1. The molecule has 1 aliphatic carbocycles. The first-order valence-corrected chi connectivity index (χ1v) is 8.57. The number of aliphatic hydroxyl groups excluding tert-OH is 1. The summed E-state index contributed by atoms with van der Waals surface area (Å²) < 4.78 is 5.44. The largest absolute Gasteiger partial charge is 0.460 e. The molecular formula is C18H26N2O5. The molecule has 0 bridgehead atoms. The summed E-state index contributed by atoms with van der Waals surface area (Å²) in [7, 11) is 0. The Hall–Kier alpha value is -2.15. The molecule has 0 unspecified atom stereocenters. The van der Waals surface area contributed by atoms with Crippen molar-refractivity contribution in [3.63, 3.8) is 0 Å². The molecule has 0 saturated heterocycles. The van der Waals surface area contributed by atoms with Crippen LogP contribution in [0.1, 0.15) is 52.0 Å². The fourth-order valence-electron chi connectivity index (χ4n) is 3.03. The number of anilines is 1. The van der Waals surface area contributed by atoms with Crippen molar-refractivity contribution in [2.24, 2.45) is 5.92 Å². The van der Waals surface area contributed by atoms with Gasteiger partial charge in [-0.1, -0.05) is 0 Å². The number of carbonyl (C=O) groups is 1. The van der Waals surface area contributed by atoms with E-state index in [4.69, 9.17) is 4.74 Å². The summed E-state index contributed by atoms with van der Waals surface area (Å²) in [4.78, 5) is 22.9. The van der Waals surface area contributed by atoms with Gasteiger partial charge in [0.05, 0.1) is 17.4 Å². The molecule has 1 fully saturated rings.